The number of nitrogens with one attached hydrogen (secondary N) is 2. The predicted molar refractivity (Wildman–Crippen MR) is 77.7 cm³/mol. The summed E-state index contributed by atoms with van der Waals surface area (Å²) in [5.74, 6) is -0.440. The van der Waals surface area contributed by atoms with Gasteiger partial charge < -0.3 is 10.6 Å². The van der Waals surface area contributed by atoms with Gasteiger partial charge in [0.25, 0.3) is 5.91 Å². The lowest BCUT2D eigenvalue weighted by molar-refractivity contribution is -0.114. The summed E-state index contributed by atoms with van der Waals surface area (Å²) in [5.41, 5.74) is 2.55. The van der Waals surface area contributed by atoms with Gasteiger partial charge in [0.15, 0.2) is 0 Å². The molecular formula is C15H15N3O2. The van der Waals surface area contributed by atoms with Gasteiger partial charge >= 0.3 is 0 Å². The van der Waals surface area contributed by atoms with Gasteiger partial charge in [0.2, 0.25) is 5.91 Å². The summed E-state index contributed by atoms with van der Waals surface area (Å²) >= 11 is 0. The fraction of sp³-hybridized carbons (Fsp3) is 0.133. The van der Waals surface area contributed by atoms with Crippen molar-refractivity contribution in [1.29, 1.82) is 0 Å². The normalized spacial score (nSPS) is 9.90. The van der Waals surface area contributed by atoms with E-state index in [0.717, 1.165) is 5.56 Å². The first-order valence-corrected chi connectivity index (χ1v) is 6.17. The highest BCUT2D eigenvalue weighted by Gasteiger charge is 2.08. The largest absolute Gasteiger partial charge is 0.326 e. The first kappa shape index (κ1) is 13.7. The fourth-order valence-electron chi connectivity index (χ4n) is 1.72. The molecule has 0 aliphatic carbocycles. The molecule has 2 aromatic rings. The topological polar surface area (TPSA) is 71.1 Å². The Hall–Kier alpha value is -2.69. The molecule has 1 aromatic carbocycles. The minimum absolute atomic E-state index is 0.152. The minimum atomic E-state index is -0.289. The van der Waals surface area contributed by atoms with Crippen LogP contribution in [-0.4, -0.2) is 16.8 Å². The van der Waals surface area contributed by atoms with Gasteiger partial charge in [-0.25, -0.2) is 0 Å². The summed E-state index contributed by atoms with van der Waals surface area (Å²) in [6.45, 7) is 3.33. The molecule has 5 nitrogen and oxygen atoms in total. The van der Waals surface area contributed by atoms with Crippen LogP contribution >= 0.6 is 0 Å². The number of amides is 2. The summed E-state index contributed by atoms with van der Waals surface area (Å²) in [5, 5.41) is 5.47. The van der Waals surface area contributed by atoms with Crippen LogP contribution in [0.15, 0.2) is 42.6 Å². The summed E-state index contributed by atoms with van der Waals surface area (Å²) in [4.78, 5) is 27.1. The van der Waals surface area contributed by atoms with Crippen molar-refractivity contribution in [2.75, 3.05) is 10.6 Å². The van der Waals surface area contributed by atoms with Crippen LogP contribution in [0, 0.1) is 6.92 Å². The van der Waals surface area contributed by atoms with Crippen LogP contribution in [-0.2, 0) is 4.79 Å². The third kappa shape index (κ3) is 3.41. The molecule has 1 heterocycles. The first-order chi connectivity index (χ1) is 9.56. The second-order valence-electron chi connectivity index (χ2n) is 4.38. The summed E-state index contributed by atoms with van der Waals surface area (Å²) < 4.78 is 0. The number of anilines is 2. The highest BCUT2D eigenvalue weighted by atomic mass is 16.2. The van der Waals surface area contributed by atoms with Crippen molar-refractivity contribution in [3.05, 3.63) is 53.9 Å². The number of aryl methyl sites for hydroxylation is 1. The van der Waals surface area contributed by atoms with Crippen molar-refractivity contribution in [2.45, 2.75) is 13.8 Å². The van der Waals surface area contributed by atoms with Crippen molar-refractivity contribution in [3.8, 4) is 0 Å². The molecule has 1 aromatic heterocycles. The molecule has 0 saturated carbocycles. The number of hydrogen-bond donors (Lipinski definition) is 2. The van der Waals surface area contributed by atoms with Crippen LogP contribution in [0.2, 0.25) is 0 Å². The van der Waals surface area contributed by atoms with Gasteiger partial charge in [-0.3, -0.25) is 14.6 Å². The maximum absolute atomic E-state index is 12.0. The quantitative estimate of drug-likeness (QED) is 0.899. The Bertz CT molecular complexity index is 639. The van der Waals surface area contributed by atoms with Crippen molar-refractivity contribution in [2.24, 2.45) is 0 Å². The first-order valence-electron chi connectivity index (χ1n) is 6.17. The Morgan fingerprint density at radius 1 is 1.10 bits per heavy atom. The molecule has 0 bridgehead atoms. The Balaban J connectivity index is 2.18. The van der Waals surface area contributed by atoms with E-state index in [4.69, 9.17) is 0 Å². The van der Waals surface area contributed by atoms with Crippen LogP contribution in [0.1, 0.15) is 23.0 Å². The van der Waals surface area contributed by atoms with Gasteiger partial charge in [0.05, 0.1) is 0 Å². The zero-order chi connectivity index (χ0) is 14.5. The van der Waals surface area contributed by atoms with Crippen molar-refractivity contribution in [3.63, 3.8) is 0 Å². The number of carbonyl (C=O) groups is 2. The number of aromatic nitrogens is 1. The van der Waals surface area contributed by atoms with Gasteiger partial charge in [-0.05, 0) is 36.8 Å². The van der Waals surface area contributed by atoms with Gasteiger partial charge in [0.1, 0.15) is 5.69 Å². The van der Waals surface area contributed by atoms with E-state index < -0.39 is 0 Å². The van der Waals surface area contributed by atoms with Gasteiger partial charge in [0, 0.05) is 24.5 Å². The molecule has 0 saturated heterocycles. The lowest BCUT2D eigenvalue weighted by Crippen LogP contribution is -2.14. The molecule has 0 fully saturated rings. The highest BCUT2D eigenvalue weighted by Crippen LogP contribution is 2.20. The third-order valence-corrected chi connectivity index (χ3v) is 2.70. The molecule has 102 valence electrons. The van der Waals surface area contributed by atoms with Crippen molar-refractivity contribution in [1.82, 2.24) is 4.98 Å². The van der Waals surface area contributed by atoms with E-state index in [1.165, 1.54) is 6.92 Å². The maximum Gasteiger partial charge on any atom is 0.274 e. The van der Waals surface area contributed by atoms with Crippen LogP contribution in [0.4, 0.5) is 11.4 Å². The zero-order valence-corrected chi connectivity index (χ0v) is 11.3. The van der Waals surface area contributed by atoms with Crippen LogP contribution in [0.25, 0.3) is 0 Å². The Morgan fingerprint density at radius 3 is 2.55 bits per heavy atom. The molecule has 0 radical (unpaired) electrons. The van der Waals surface area contributed by atoms with E-state index in [-0.39, 0.29) is 11.8 Å². The Labute approximate surface area is 117 Å². The molecule has 2 rings (SSSR count). The second kappa shape index (κ2) is 5.97. The molecule has 0 spiro atoms. The Kier molecular flexibility index (Phi) is 4.10. The zero-order valence-electron chi connectivity index (χ0n) is 11.3. The predicted octanol–water partition coefficient (Wildman–Crippen LogP) is 2.60. The SMILES string of the molecule is CC(=O)Nc1cc(NC(=O)c2ccccn2)ccc1C. The monoisotopic (exact) mass is 269 g/mol. The number of rotatable bonds is 3. The van der Waals surface area contributed by atoms with E-state index in [1.54, 1.807) is 36.5 Å². The molecule has 0 aliphatic heterocycles. The lowest BCUT2D eigenvalue weighted by atomic mass is 10.1. The summed E-state index contributed by atoms with van der Waals surface area (Å²) in [7, 11) is 0. The van der Waals surface area contributed by atoms with E-state index in [2.05, 4.69) is 15.6 Å². The van der Waals surface area contributed by atoms with E-state index in [1.807, 2.05) is 13.0 Å². The number of benzene rings is 1. The maximum atomic E-state index is 12.0. The third-order valence-electron chi connectivity index (χ3n) is 2.70. The van der Waals surface area contributed by atoms with E-state index >= 15 is 0 Å². The molecule has 2 N–H and O–H groups in total. The van der Waals surface area contributed by atoms with Crippen molar-refractivity contribution >= 4 is 23.2 Å². The van der Waals surface area contributed by atoms with E-state index in [0.29, 0.717) is 17.1 Å². The molecule has 0 aliphatic rings. The fourth-order valence-corrected chi connectivity index (χ4v) is 1.72. The number of hydrogen-bond acceptors (Lipinski definition) is 3. The lowest BCUT2D eigenvalue weighted by Gasteiger charge is -2.10. The number of nitrogens with zero attached hydrogens (tertiary/aromatic N) is 1. The molecule has 20 heavy (non-hydrogen) atoms. The molecule has 5 heteroatoms. The Morgan fingerprint density at radius 2 is 1.90 bits per heavy atom. The standard InChI is InChI=1S/C15H15N3O2/c1-10-6-7-12(9-14(10)17-11(2)19)18-15(20)13-5-3-4-8-16-13/h3-9H,1-2H3,(H,17,19)(H,18,20). The minimum Gasteiger partial charge on any atom is -0.326 e. The van der Waals surface area contributed by atoms with E-state index in [9.17, 15) is 9.59 Å². The highest BCUT2D eigenvalue weighted by molar-refractivity contribution is 6.03. The average Bonchev–Trinajstić information content (AvgIpc) is 2.43. The summed E-state index contributed by atoms with van der Waals surface area (Å²) in [6, 6.07) is 10.5. The van der Waals surface area contributed by atoms with Crippen LogP contribution in [0.5, 0.6) is 0 Å². The second-order valence-corrected chi connectivity index (χ2v) is 4.38. The smallest absolute Gasteiger partial charge is 0.274 e. The van der Waals surface area contributed by atoms with Crippen LogP contribution in [0.3, 0.4) is 0 Å². The van der Waals surface area contributed by atoms with Crippen LogP contribution < -0.4 is 10.6 Å². The van der Waals surface area contributed by atoms with Gasteiger partial charge in [-0.1, -0.05) is 12.1 Å². The summed E-state index contributed by atoms with van der Waals surface area (Å²) in [6.07, 6.45) is 1.56. The molecular weight excluding hydrogens is 254 g/mol. The molecule has 2 amide bonds. The van der Waals surface area contributed by atoms with Gasteiger partial charge in [-0.15, -0.1) is 0 Å². The number of carbonyl (C=O) groups excluding carboxylic acids is 2. The van der Waals surface area contributed by atoms with Gasteiger partial charge in [-0.2, -0.15) is 0 Å². The molecule has 0 unspecified atom stereocenters. The van der Waals surface area contributed by atoms with Crippen molar-refractivity contribution < 1.29 is 9.59 Å². The average molecular weight is 269 g/mol. The number of pyridine rings is 1. The molecule has 0 atom stereocenters.